The van der Waals surface area contributed by atoms with Crippen LogP contribution in [0.5, 0.6) is 0 Å². The molecule has 0 spiro atoms. The van der Waals surface area contributed by atoms with E-state index in [1.54, 1.807) is 0 Å². The predicted octanol–water partition coefficient (Wildman–Crippen LogP) is 2.65. The number of thiol groups is 1. The van der Waals surface area contributed by atoms with Gasteiger partial charge in [-0.15, -0.1) is 12.6 Å². The van der Waals surface area contributed by atoms with E-state index < -0.39 is 5.12 Å². The van der Waals surface area contributed by atoms with Gasteiger partial charge in [-0.25, -0.2) is 0 Å². The zero-order valence-electron chi connectivity index (χ0n) is 8.01. The van der Waals surface area contributed by atoms with Gasteiger partial charge in [0.25, 0.3) is 0 Å². The molecule has 0 rings (SSSR count). The molecule has 0 aliphatic heterocycles. The van der Waals surface area contributed by atoms with Crippen LogP contribution in [-0.4, -0.2) is 18.3 Å². The molecule has 0 amide bonds. The molecule has 12 heavy (non-hydrogen) atoms. The summed E-state index contributed by atoms with van der Waals surface area (Å²) in [5, 5.41) is -0.693. The van der Waals surface area contributed by atoms with Gasteiger partial charge in [-0.05, 0) is 20.3 Å². The molecule has 73 valence electrons. The lowest BCUT2D eigenvalue weighted by Gasteiger charge is -2.27. The van der Waals surface area contributed by atoms with E-state index in [0.29, 0.717) is 13.2 Å². The van der Waals surface area contributed by atoms with Gasteiger partial charge in [0.05, 0.1) is 0 Å². The van der Waals surface area contributed by atoms with Crippen LogP contribution >= 0.6 is 12.6 Å². The third-order valence-corrected chi connectivity index (χ3v) is 1.96. The van der Waals surface area contributed by atoms with Crippen LogP contribution in [0, 0.1) is 6.92 Å². The van der Waals surface area contributed by atoms with E-state index in [2.05, 4.69) is 19.6 Å². The highest BCUT2D eigenvalue weighted by molar-refractivity contribution is 7.81. The summed E-state index contributed by atoms with van der Waals surface area (Å²) in [5.41, 5.74) is 0. The Bertz CT molecular complexity index is 101. The molecule has 0 aliphatic carbocycles. The van der Waals surface area contributed by atoms with Crippen molar-refractivity contribution in [3.63, 3.8) is 0 Å². The van der Waals surface area contributed by atoms with Crippen molar-refractivity contribution in [1.82, 2.24) is 0 Å². The highest BCUT2D eigenvalue weighted by Gasteiger charge is 2.24. The molecule has 0 N–H and O–H groups in total. The Kier molecular flexibility index (Phi) is 6.90. The number of unbranched alkanes of at least 4 members (excludes halogenated alkanes) is 1. The molecule has 0 aromatic rings. The van der Waals surface area contributed by atoms with Crippen LogP contribution in [0.15, 0.2) is 0 Å². The van der Waals surface area contributed by atoms with Gasteiger partial charge in [-0.3, -0.25) is 0 Å². The lowest BCUT2D eigenvalue weighted by molar-refractivity contribution is -0.168. The summed E-state index contributed by atoms with van der Waals surface area (Å²) in [6.07, 6.45) is 2.66. The molecule has 0 unspecified atom stereocenters. The van der Waals surface area contributed by atoms with Gasteiger partial charge in [0, 0.05) is 19.6 Å². The number of ether oxygens (including phenoxy) is 2. The Balaban J connectivity index is 3.80. The van der Waals surface area contributed by atoms with E-state index in [1.165, 1.54) is 0 Å². The first-order valence-electron chi connectivity index (χ1n) is 4.48. The number of rotatable bonds is 7. The fourth-order valence-corrected chi connectivity index (χ4v) is 1.40. The molecule has 2 nitrogen and oxygen atoms in total. The molecule has 0 atom stereocenters. The second-order valence-electron chi connectivity index (χ2n) is 2.54. The maximum atomic E-state index is 5.39. The number of hydrogen-bond acceptors (Lipinski definition) is 3. The molecule has 0 fully saturated rings. The second kappa shape index (κ2) is 6.75. The first-order chi connectivity index (χ1) is 5.68. The van der Waals surface area contributed by atoms with Crippen molar-refractivity contribution in [2.75, 3.05) is 13.2 Å². The van der Waals surface area contributed by atoms with Crippen molar-refractivity contribution in [2.45, 2.75) is 38.2 Å². The average molecular weight is 191 g/mol. The highest BCUT2D eigenvalue weighted by Crippen LogP contribution is 2.24. The summed E-state index contributed by atoms with van der Waals surface area (Å²) in [6, 6.07) is 0. The predicted molar refractivity (Wildman–Crippen MR) is 54.2 cm³/mol. The summed E-state index contributed by atoms with van der Waals surface area (Å²) in [7, 11) is 0. The van der Waals surface area contributed by atoms with Gasteiger partial charge in [-0.1, -0.05) is 13.3 Å². The minimum atomic E-state index is -0.693. The molecule has 0 saturated heterocycles. The molecule has 0 bridgehead atoms. The van der Waals surface area contributed by atoms with Crippen LogP contribution in [0.1, 0.15) is 33.1 Å². The van der Waals surface area contributed by atoms with E-state index in [-0.39, 0.29) is 0 Å². The Morgan fingerprint density at radius 1 is 1.25 bits per heavy atom. The third-order valence-electron chi connectivity index (χ3n) is 1.48. The summed E-state index contributed by atoms with van der Waals surface area (Å²) in [5.74, 6) is 0. The van der Waals surface area contributed by atoms with Gasteiger partial charge < -0.3 is 9.47 Å². The molecule has 1 radical (unpaired) electrons. The first kappa shape index (κ1) is 12.3. The Labute approximate surface area is 81.0 Å². The second-order valence-corrected chi connectivity index (χ2v) is 3.22. The van der Waals surface area contributed by atoms with Gasteiger partial charge in [0.1, 0.15) is 0 Å². The molecule has 0 saturated carbocycles. The zero-order chi connectivity index (χ0) is 9.45. The van der Waals surface area contributed by atoms with E-state index in [1.807, 2.05) is 13.8 Å². The van der Waals surface area contributed by atoms with Crippen LogP contribution < -0.4 is 0 Å². The lowest BCUT2D eigenvalue weighted by atomic mass is 10.2. The summed E-state index contributed by atoms with van der Waals surface area (Å²) in [6.45, 7) is 8.89. The Hall–Kier alpha value is 0.270. The van der Waals surface area contributed by atoms with Gasteiger partial charge in [0.15, 0.2) is 0 Å². The van der Waals surface area contributed by atoms with Crippen LogP contribution in [-0.2, 0) is 9.47 Å². The minimum absolute atomic E-state index is 0.626. The van der Waals surface area contributed by atoms with E-state index in [9.17, 15) is 0 Å². The van der Waals surface area contributed by atoms with Crippen molar-refractivity contribution in [3.05, 3.63) is 6.92 Å². The van der Waals surface area contributed by atoms with E-state index in [4.69, 9.17) is 9.47 Å². The monoisotopic (exact) mass is 191 g/mol. The molecule has 0 aromatic carbocycles. The zero-order valence-corrected chi connectivity index (χ0v) is 8.90. The molecular formula is C9H19O2S. The van der Waals surface area contributed by atoms with Crippen LogP contribution in [0.4, 0.5) is 0 Å². The molecule has 0 heterocycles. The molecule has 0 aliphatic rings. The normalized spacial score (nSPS) is 12.0. The fourth-order valence-electron chi connectivity index (χ4n) is 0.985. The van der Waals surface area contributed by atoms with Crippen LogP contribution in [0.25, 0.3) is 0 Å². The maximum absolute atomic E-state index is 5.39. The van der Waals surface area contributed by atoms with Crippen molar-refractivity contribution in [1.29, 1.82) is 0 Å². The third kappa shape index (κ3) is 5.01. The molecule has 0 aromatic heterocycles. The first-order valence-corrected chi connectivity index (χ1v) is 4.92. The summed E-state index contributed by atoms with van der Waals surface area (Å²) in [4.78, 5) is 0. The Morgan fingerprint density at radius 3 is 2.08 bits per heavy atom. The Morgan fingerprint density at radius 2 is 1.75 bits per heavy atom. The quantitative estimate of drug-likeness (QED) is 0.492. The van der Waals surface area contributed by atoms with Gasteiger partial charge in [-0.2, -0.15) is 0 Å². The van der Waals surface area contributed by atoms with E-state index >= 15 is 0 Å². The molecule has 3 heteroatoms. The summed E-state index contributed by atoms with van der Waals surface area (Å²) < 4.78 is 10.8. The highest BCUT2D eigenvalue weighted by atomic mass is 32.1. The minimum Gasteiger partial charge on any atom is -0.342 e. The van der Waals surface area contributed by atoms with Crippen LogP contribution in [0.2, 0.25) is 0 Å². The van der Waals surface area contributed by atoms with Crippen molar-refractivity contribution < 1.29 is 9.47 Å². The maximum Gasteiger partial charge on any atom is 0.215 e. The van der Waals surface area contributed by atoms with Crippen molar-refractivity contribution in [3.8, 4) is 0 Å². The van der Waals surface area contributed by atoms with Crippen LogP contribution in [0.3, 0.4) is 0 Å². The topological polar surface area (TPSA) is 18.5 Å². The SMILES string of the molecule is [CH2]CCCC(S)(OCC)OCC. The smallest absolute Gasteiger partial charge is 0.215 e. The molecular weight excluding hydrogens is 172 g/mol. The number of hydrogen-bond donors (Lipinski definition) is 1. The van der Waals surface area contributed by atoms with Gasteiger partial charge in [0.2, 0.25) is 5.12 Å². The fraction of sp³-hybridized carbons (Fsp3) is 0.889. The lowest BCUT2D eigenvalue weighted by Crippen LogP contribution is -2.29. The largest absolute Gasteiger partial charge is 0.342 e. The van der Waals surface area contributed by atoms with Gasteiger partial charge >= 0.3 is 0 Å². The average Bonchev–Trinajstić information content (AvgIpc) is 2.02. The van der Waals surface area contributed by atoms with E-state index in [0.717, 1.165) is 19.3 Å². The van der Waals surface area contributed by atoms with Crippen molar-refractivity contribution in [2.24, 2.45) is 0 Å². The summed E-state index contributed by atoms with van der Waals surface area (Å²) >= 11 is 4.34. The standard InChI is InChI=1S/C9H19O2S/c1-4-7-8-9(12,10-5-2)11-6-3/h12H,1,4-8H2,2-3H3. The van der Waals surface area contributed by atoms with Crippen molar-refractivity contribution >= 4 is 12.6 Å².